The van der Waals surface area contributed by atoms with Crippen LogP contribution in [-0.4, -0.2) is 37.0 Å². The van der Waals surface area contributed by atoms with Crippen molar-refractivity contribution in [3.05, 3.63) is 24.0 Å². The molecule has 0 saturated carbocycles. The summed E-state index contributed by atoms with van der Waals surface area (Å²) >= 11 is 0. The number of hydrogen-bond donors (Lipinski definition) is 1. The Morgan fingerprint density at radius 1 is 1.56 bits per heavy atom. The fourth-order valence-corrected chi connectivity index (χ4v) is 1.05. The number of carbonyl (C=O) groups excluding carboxylic acids is 1. The van der Waals surface area contributed by atoms with Gasteiger partial charge < -0.3 is 10.1 Å². The van der Waals surface area contributed by atoms with Gasteiger partial charge in [-0.05, 0) is 12.1 Å². The van der Waals surface area contributed by atoms with Crippen molar-refractivity contribution >= 4 is 11.7 Å². The summed E-state index contributed by atoms with van der Waals surface area (Å²) in [5.74, 6) is -4.89. The maximum Gasteiger partial charge on any atom is 0.356 e. The summed E-state index contributed by atoms with van der Waals surface area (Å²) in [5.41, 5.74) is -0.0337. The monoisotopic (exact) mass is 266 g/mol. The Balaban J connectivity index is 2.72. The first-order valence-corrected chi connectivity index (χ1v) is 4.81. The summed E-state index contributed by atoms with van der Waals surface area (Å²) in [4.78, 5) is 14.7. The number of rotatable bonds is 5. The predicted molar refractivity (Wildman–Crippen MR) is 55.0 cm³/mol. The number of hydrogen-bond acceptors (Lipinski definition) is 4. The average Bonchev–Trinajstić information content (AvgIpc) is 2.35. The van der Waals surface area contributed by atoms with Crippen molar-refractivity contribution < 1.29 is 27.1 Å². The topological polar surface area (TPSA) is 51.2 Å². The van der Waals surface area contributed by atoms with Crippen molar-refractivity contribution in [2.75, 3.05) is 19.0 Å². The molecule has 0 aliphatic carbocycles. The molecule has 1 rings (SSSR count). The SMILES string of the molecule is COC(=O)c1cc(NCC(F)(F)C(F)F)ccn1. The third-order valence-corrected chi connectivity index (χ3v) is 2.00. The number of ether oxygens (including phenoxy) is 1. The second kappa shape index (κ2) is 5.65. The number of anilines is 1. The molecule has 1 N–H and O–H groups in total. The van der Waals surface area contributed by atoms with Crippen LogP contribution in [0.15, 0.2) is 18.3 Å². The molecule has 0 radical (unpaired) electrons. The molecule has 4 nitrogen and oxygen atoms in total. The van der Waals surface area contributed by atoms with E-state index < -0.39 is 24.9 Å². The molecular formula is C10H10F4N2O2. The van der Waals surface area contributed by atoms with Crippen molar-refractivity contribution in [3.63, 3.8) is 0 Å². The molecule has 0 aliphatic heterocycles. The zero-order valence-electron chi connectivity index (χ0n) is 9.29. The van der Waals surface area contributed by atoms with E-state index in [2.05, 4.69) is 15.0 Å². The van der Waals surface area contributed by atoms with Gasteiger partial charge in [0.2, 0.25) is 0 Å². The molecule has 0 saturated heterocycles. The fourth-order valence-electron chi connectivity index (χ4n) is 1.05. The number of nitrogens with one attached hydrogen (secondary N) is 1. The quantitative estimate of drug-likeness (QED) is 0.655. The maximum atomic E-state index is 12.6. The van der Waals surface area contributed by atoms with Crippen molar-refractivity contribution in [1.29, 1.82) is 0 Å². The molecule has 1 aromatic heterocycles. The van der Waals surface area contributed by atoms with Gasteiger partial charge >= 0.3 is 18.3 Å². The van der Waals surface area contributed by atoms with Gasteiger partial charge in [0.25, 0.3) is 0 Å². The summed E-state index contributed by atoms with van der Waals surface area (Å²) in [6.45, 7) is -1.24. The van der Waals surface area contributed by atoms with Gasteiger partial charge in [-0.1, -0.05) is 0 Å². The molecule has 0 amide bonds. The lowest BCUT2D eigenvalue weighted by atomic mass is 10.3. The number of halogens is 4. The number of carbonyl (C=O) groups is 1. The van der Waals surface area contributed by atoms with Gasteiger partial charge in [0.1, 0.15) is 5.69 Å². The van der Waals surface area contributed by atoms with E-state index in [0.29, 0.717) is 0 Å². The van der Waals surface area contributed by atoms with E-state index in [0.717, 1.165) is 13.2 Å². The highest BCUT2D eigenvalue weighted by atomic mass is 19.3. The Hall–Kier alpha value is -1.86. The van der Waals surface area contributed by atoms with E-state index in [1.54, 1.807) is 0 Å². The van der Waals surface area contributed by atoms with Crippen molar-refractivity contribution in [3.8, 4) is 0 Å². The Morgan fingerprint density at radius 3 is 2.78 bits per heavy atom. The molecule has 18 heavy (non-hydrogen) atoms. The maximum absolute atomic E-state index is 12.6. The van der Waals surface area contributed by atoms with Crippen LogP contribution in [0.5, 0.6) is 0 Å². The van der Waals surface area contributed by atoms with Crippen LogP contribution in [0, 0.1) is 0 Å². The third-order valence-electron chi connectivity index (χ3n) is 2.00. The largest absolute Gasteiger partial charge is 0.464 e. The molecule has 0 aromatic carbocycles. The van der Waals surface area contributed by atoms with Crippen LogP contribution in [0.2, 0.25) is 0 Å². The van der Waals surface area contributed by atoms with Gasteiger partial charge in [-0.15, -0.1) is 0 Å². The van der Waals surface area contributed by atoms with Crippen molar-refractivity contribution in [2.45, 2.75) is 12.3 Å². The molecule has 0 atom stereocenters. The number of methoxy groups -OCH3 is 1. The lowest BCUT2D eigenvalue weighted by Crippen LogP contribution is -2.34. The number of aromatic nitrogens is 1. The van der Waals surface area contributed by atoms with Crippen LogP contribution >= 0.6 is 0 Å². The number of nitrogens with zero attached hydrogens (tertiary/aromatic N) is 1. The molecule has 0 unspecified atom stereocenters. The fraction of sp³-hybridized carbons (Fsp3) is 0.400. The van der Waals surface area contributed by atoms with Gasteiger partial charge in [-0.2, -0.15) is 8.78 Å². The van der Waals surface area contributed by atoms with E-state index in [4.69, 9.17) is 0 Å². The lowest BCUT2D eigenvalue weighted by Gasteiger charge is -2.16. The minimum absolute atomic E-state index is 0.0747. The van der Waals surface area contributed by atoms with Crippen LogP contribution in [0.3, 0.4) is 0 Å². The highest BCUT2D eigenvalue weighted by Crippen LogP contribution is 2.23. The van der Waals surface area contributed by atoms with E-state index in [1.165, 1.54) is 12.3 Å². The van der Waals surface area contributed by atoms with Gasteiger partial charge in [0.05, 0.1) is 13.7 Å². The smallest absolute Gasteiger partial charge is 0.356 e. The molecule has 0 aliphatic rings. The van der Waals surface area contributed by atoms with Gasteiger partial charge in [-0.3, -0.25) is 0 Å². The molecular weight excluding hydrogens is 256 g/mol. The van der Waals surface area contributed by atoms with Gasteiger partial charge in [-0.25, -0.2) is 18.6 Å². The van der Waals surface area contributed by atoms with Gasteiger partial charge in [0.15, 0.2) is 0 Å². The van der Waals surface area contributed by atoms with Crippen LogP contribution in [0.25, 0.3) is 0 Å². The lowest BCUT2D eigenvalue weighted by molar-refractivity contribution is -0.117. The van der Waals surface area contributed by atoms with Gasteiger partial charge in [0, 0.05) is 11.9 Å². The summed E-state index contributed by atoms with van der Waals surface area (Å²) < 4.78 is 53.5. The van der Waals surface area contributed by atoms with Crippen LogP contribution in [0.1, 0.15) is 10.5 Å². The van der Waals surface area contributed by atoms with Crippen LogP contribution in [-0.2, 0) is 4.74 Å². The summed E-state index contributed by atoms with van der Waals surface area (Å²) in [7, 11) is 1.13. The zero-order valence-corrected chi connectivity index (χ0v) is 9.29. The van der Waals surface area contributed by atoms with Crippen LogP contribution in [0.4, 0.5) is 23.2 Å². The predicted octanol–water partition coefficient (Wildman–Crippen LogP) is 2.18. The minimum atomic E-state index is -4.14. The van der Waals surface area contributed by atoms with Crippen molar-refractivity contribution in [2.24, 2.45) is 0 Å². The highest BCUT2D eigenvalue weighted by molar-refractivity contribution is 5.88. The second-order valence-electron chi connectivity index (χ2n) is 3.34. The van der Waals surface area contributed by atoms with E-state index in [9.17, 15) is 22.4 Å². The second-order valence-corrected chi connectivity index (χ2v) is 3.34. The first-order valence-electron chi connectivity index (χ1n) is 4.81. The average molecular weight is 266 g/mol. The zero-order chi connectivity index (χ0) is 13.8. The molecule has 0 spiro atoms. The normalized spacial score (nSPS) is 11.4. The molecule has 0 bridgehead atoms. The van der Waals surface area contributed by atoms with Crippen molar-refractivity contribution in [1.82, 2.24) is 4.98 Å². The molecule has 1 aromatic rings. The number of esters is 1. The Kier molecular flexibility index (Phi) is 4.46. The molecule has 100 valence electrons. The highest BCUT2D eigenvalue weighted by Gasteiger charge is 2.40. The standard InChI is InChI=1S/C10H10F4N2O2/c1-18-8(17)7-4-6(2-3-15-7)16-5-10(13,14)9(11)12/h2-4,9H,5H2,1H3,(H,15,16). The summed E-state index contributed by atoms with van der Waals surface area (Å²) in [6.07, 6.45) is -2.58. The minimum Gasteiger partial charge on any atom is -0.464 e. The number of pyridine rings is 1. The van der Waals surface area contributed by atoms with E-state index >= 15 is 0 Å². The van der Waals surface area contributed by atoms with E-state index in [1.807, 2.05) is 0 Å². The number of alkyl halides is 4. The Bertz CT molecular complexity index is 426. The first kappa shape index (κ1) is 14.2. The molecule has 8 heteroatoms. The molecule has 0 fully saturated rings. The Labute approximate surface area is 100.0 Å². The summed E-state index contributed by atoms with van der Waals surface area (Å²) in [5, 5.41) is 2.11. The molecule has 1 heterocycles. The third kappa shape index (κ3) is 3.57. The van der Waals surface area contributed by atoms with E-state index in [-0.39, 0.29) is 11.4 Å². The van der Waals surface area contributed by atoms with Crippen LogP contribution < -0.4 is 5.32 Å². The Morgan fingerprint density at radius 2 is 2.22 bits per heavy atom. The first-order chi connectivity index (χ1) is 8.36. The summed E-state index contributed by atoms with van der Waals surface area (Å²) in [6, 6.07) is 2.40.